The van der Waals surface area contributed by atoms with Crippen LogP contribution in [0.3, 0.4) is 0 Å². The third-order valence-electron chi connectivity index (χ3n) is 3.11. The van der Waals surface area contributed by atoms with Crippen molar-refractivity contribution >= 4 is 32.8 Å². The van der Waals surface area contributed by atoms with E-state index in [1.807, 2.05) is 24.3 Å². The van der Waals surface area contributed by atoms with E-state index in [0.717, 1.165) is 27.5 Å². The van der Waals surface area contributed by atoms with E-state index in [9.17, 15) is 0 Å². The highest BCUT2D eigenvalue weighted by Gasteiger charge is 2.05. The Balaban J connectivity index is 2.28. The Morgan fingerprint density at radius 1 is 1.00 bits per heavy atom. The van der Waals surface area contributed by atoms with Crippen LogP contribution in [0.15, 0.2) is 48.5 Å². The summed E-state index contributed by atoms with van der Waals surface area (Å²) >= 11 is 0. The van der Waals surface area contributed by atoms with E-state index in [1.54, 1.807) is 0 Å². The SMILES string of the molecule is [c]1cccc2nc3[nH]c4ccccc4c3cc12. The fourth-order valence-corrected chi connectivity index (χ4v) is 2.30. The normalized spacial score (nSPS) is 11.5. The van der Waals surface area contributed by atoms with Gasteiger partial charge in [-0.2, -0.15) is 0 Å². The molecule has 4 aromatic rings. The molecule has 2 heterocycles. The maximum atomic E-state index is 4.63. The van der Waals surface area contributed by atoms with Crippen LogP contribution < -0.4 is 0 Å². The van der Waals surface area contributed by atoms with Gasteiger partial charge >= 0.3 is 0 Å². The molecule has 0 bridgehead atoms. The van der Waals surface area contributed by atoms with E-state index >= 15 is 0 Å². The standard InChI is InChI=1S/C15H9N2/c1-3-7-13-10(5-1)9-12-11-6-2-4-8-14(11)17-15(12)16-13/h1-4,6-9H,(H,16,17). The number of pyridine rings is 1. The molecule has 0 amide bonds. The van der Waals surface area contributed by atoms with Gasteiger partial charge in [-0.1, -0.05) is 30.3 Å². The van der Waals surface area contributed by atoms with Gasteiger partial charge in [0.1, 0.15) is 5.65 Å². The first-order valence-electron chi connectivity index (χ1n) is 5.60. The van der Waals surface area contributed by atoms with E-state index in [1.165, 1.54) is 5.39 Å². The molecule has 79 valence electrons. The van der Waals surface area contributed by atoms with Gasteiger partial charge in [0.05, 0.1) is 5.52 Å². The number of fused-ring (bicyclic) bond motifs is 4. The highest BCUT2D eigenvalue weighted by molar-refractivity contribution is 6.09. The molecule has 17 heavy (non-hydrogen) atoms. The Bertz CT molecular complexity index is 837. The van der Waals surface area contributed by atoms with Crippen molar-refractivity contribution in [2.45, 2.75) is 0 Å². The van der Waals surface area contributed by atoms with Crippen LogP contribution in [0.2, 0.25) is 0 Å². The average Bonchev–Trinajstić information content (AvgIpc) is 2.73. The molecule has 0 spiro atoms. The van der Waals surface area contributed by atoms with E-state index in [-0.39, 0.29) is 0 Å². The zero-order valence-electron chi connectivity index (χ0n) is 9.07. The summed E-state index contributed by atoms with van der Waals surface area (Å²) in [5, 5.41) is 3.44. The minimum atomic E-state index is 0.943. The first-order valence-corrected chi connectivity index (χ1v) is 5.60. The maximum Gasteiger partial charge on any atom is 0.139 e. The van der Waals surface area contributed by atoms with Crippen LogP contribution in [0.4, 0.5) is 0 Å². The number of H-pyrrole nitrogens is 1. The molecule has 1 N–H and O–H groups in total. The van der Waals surface area contributed by atoms with Gasteiger partial charge in [-0.05, 0) is 24.3 Å². The summed E-state index contributed by atoms with van der Waals surface area (Å²) in [5.74, 6) is 0. The first kappa shape index (κ1) is 8.76. The van der Waals surface area contributed by atoms with Crippen molar-refractivity contribution in [1.29, 1.82) is 0 Å². The van der Waals surface area contributed by atoms with Crippen LogP contribution in [0.5, 0.6) is 0 Å². The second-order valence-electron chi connectivity index (χ2n) is 4.16. The van der Waals surface area contributed by atoms with Crippen LogP contribution in [0, 0.1) is 6.07 Å². The van der Waals surface area contributed by atoms with Gasteiger partial charge in [0.25, 0.3) is 0 Å². The third-order valence-corrected chi connectivity index (χ3v) is 3.11. The molecule has 0 aliphatic carbocycles. The minimum Gasteiger partial charge on any atom is -0.339 e. The van der Waals surface area contributed by atoms with Gasteiger partial charge in [-0.3, -0.25) is 0 Å². The molecule has 0 unspecified atom stereocenters. The van der Waals surface area contributed by atoms with Crippen molar-refractivity contribution in [2.75, 3.05) is 0 Å². The number of nitrogens with zero attached hydrogens (tertiary/aromatic N) is 1. The lowest BCUT2D eigenvalue weighted by atomic mass is 10.1. The van der Waals surface area contributed by atoms with Crippen molar-refractivity contribution in [3.63, 3.8) is 0 Å². The Morgan fingerprint density at radius 3 is 2.94 bits per heavy atom. The highest BCUT2D eigenvalue weighted by Crippen LogP contribution is 2.26. The Kier molecular flexibility index (Phi) is 1.59. The monoisotopic (exact) mass is 217 g/mol. The lowest BCUT2D eigenvalue weighted by Gasteiger charge is -1.96. The fourth-order valence-electron chi connectivity index (χ4n) is 2.30. The molecule has 2 aromatic heterocycles. The Labute approximate surface area is 97.9 Å². The Hall–Kier alpha value is -2.35. The molecule has 0 aliphatic heterocycles. The second-order valence-corrected chi connectivity index (χ2v) is 4.16. The molecular formula is C15H9N2. The summed E-state index contributed by atoms with van der Waals surface area (Å²) in [6, 6.07) is 19.5. The lowest BCUT2D eigenvalue weighted by Crippen LogP contribution is -1.79. The summed E-state index contributed by atoms with van der Waals surface area (Å²) in [4.78, 5) is 7.97. The molecule has 4 rings (SSSR count). The summed E-state index contributed by atoms with van der Waals surface area (Å²) in [7, 11) is 0. The van der Waals surface area contributed by atoms with Crippen molar-refractivity contribution in [2.24, 2.45) is 0 Å². The number of hydrogen-bond acceptors (Lipinski definition) is 1. The third kappa shape index (κ3) is 1.18. The van der Waals surface area contributed by atoms with Gasteiger partial charge < -0.3 is 4.98 Å². The van der Waals surface area contributed by atoms with Crippen molar-refractivity contribution in [3.8, 4) is 0 Å². The summed E-state index contributed by atoms with van der Waals surface area (Å²) < 4.78 is 0. The largest absolute Gasteiger partial charge is 0.339 e. The second kappa shape index (κ2) is 3.08. The van der Waals surface area contributed by atoms with Crippen molar-refractivity contribution in [1.82, 2.24) is 9.97 Å². The maximum absolute atomic E-state index is 4.63. The topological polar surface area (TPSA) is 28.7 Å². The molecule has 0 fully saturated rings. The van der Waals surface area contributed by atoms with E-state index in [2.05, 4.69) is 40.3 Å². The van der Waals surface area contributed by atoms with Gasteiger partial charge in [0.2, 0.25) is 0 Å². The predicted molar refractivity (Wildman–Crippen MR) is 69.9 cm³/mol. The van der Waals surface area contributed by atoms with Gasteiger partial charge in [-0.15, -0.1) is 0 Å². The molecule has 1 radical (unpaired) electrons. The molecule has 0 aliphatic rings. The van der Waals surface area contributed by atoms with Gasteiger partial charge in [0.15, 0.2) is 0 Å². The molecule has 2 heteroatoms. The number of para-hydroxylation sites is 1. The molecule has 2 nitrogen and oxygen atoms in total. The lowest BCUT2D eigenvalue weighted by molar-refractivity contribution is 1.40. The van der Waals surface area contributed by atoms with E-state index in [4.69, 9.17) is 0 Å². The molecule has 0 saturated heterocycles. The summed E-state index contributed by atoms with van der Waals surface area (Å²) in [5.41, 5.74) is 3.05. The van der Waals surface area contributed by atoms with Crippen LogP contribution in [-0.2, 0) is 0 Å². The molecule has 0 atom stereocenters. The van der Waals surface area contributed by atoms with Crippen LogP contribution in [0.25, 0.3) is 32.8 Å². The van der Waals surface area contributed by atoms with Crippen LogP contribution >= 0.6 is 0 Å². The molecule has 0 saturated carbocycles. The number of aromatic amines is 1. The molecular weight excluding hydrogens is 208 g/mol. The number of hydrogen-bond donors (Lipinski definition) is 1. The van der Waals surface area contributed by atoms with Crippen molar-refractivity contribution < 1.29 is 0 Å². The highest BCUT2D eigenvalue weighted by atomic mass is 14.9. The Morgan fingerprint density at radius 2 is 1.94 bits per heavy atom. The zero-order valence-corrected chi connectivity index (χ0v) is 9.07. The minimum absolute atomic E-state index is 0.943. The van der Waals surface area contributed by atoms with Crippen molar-refractivity contribution in [3.05, 3.63) is 54.6 Å². The fraction of sp³-hybridized carbons (Fsp3) is 0. The number of aromatic nitrogens is 2. The van der Waals surface area contributed by atoms with Gasteiger partial charge in [0, 0.05) is 21.7 Å². The van der Waals surface area contributed by atoms with E-state index in [0.29, 0.717) is 0 Å². The summed E-state index contributed by atoms with van der Waals surface area (Å²) in [6.07, 6.45) is 0. The predicted octanol–water partition coefficient (Wildman–Crippen LogP) is 3.67. The quantitative estimate of drug-likeness (QED) is 0.478. The smallest absolute Gasteiger partial charge is 0.139 e. The van der Waals surface area contributed by atoms with Crippen LogP contribution in [0.1, 0.15) is 0 Å². The molecule has 2 aromatic carbocycles. The van der Waals surface area contributed by atoms with Crippen LogP contribution in [-0.4, -0.2) is 9.97 Å². The average molecular weight is 217 g/mol. The summed E-state index contributed by atoms with van der Waals surface area (Å²) in [6.45, 7) is 0. The first-order chi connectivity index (χ1) is 8.42. The number of benzene rings is 2. The van der Waals surface area contributed by atoms with E-state index < -0.39 is 0 Å². The zero-order chi connectivity index (χ0) is 11.2. The number of rotatable bonds is 0. The van der Waals surface area contributed by atoms with Gasteiger partial charge in [-0.25, -0.2) is 4.98 Å². The number of nitrogens with one attached hydrogen (secondary N) is 1.